The van der Waals surface area contributed by atoms with E-state index in [2.05, 4.69) is 11.4 Å². The van der Waals surface area contributed by atoms with Gasteiger partial charge >= 0.3 is 0 Å². The van der Waals surface area contributed by atoms with E-state index in [1.165, 1.54) is 0 Å². The molecule has 0 rings (SSSR count). The van der Waals surface area contributed by atoms with Gasteiger partial charge in [-0.05, 0) is 27.2 Å². The highest BCUT2D eigenvalue weighted by molar-refractivity contribution is 4.90. The van der Waals surface area contributed by atoms with Crippen molar-refractivity contribution in [2.75, 3.05) is 13.2 Å². The molecule has 0 saturated heterocycles. The largest absolute Gasteiger partial charge is 0.375 e. The quantitative estimate of drug-likeness (QED) is 0.683. The van der Waals surface area contributed by atoms with Crippen LogP contribution in [0.25, 0.3) is 0 Å². The lowest BCUT2D eigenvalue weighted by Gasteiger charge is -2.26. The summed E-state index contributed by atoms with van der Waals surface area (Å²) in [5.74, 6) is 0. The van der Waals surface area contributed by atoms with Crippen LogP contribution < -0.4 is 5.32 Å². The van der Waals surface area contributed by atoms with Crippen LogP contribution in [-0.2, 0) is 4.74 Å². The van der Waals surface area contributed by atoms with E-state index in [9.17, 15) is 0 Å². The summed E-state index contributed by atoms with van der Waals surface area (Å²) < 4.78 is 5.50. The van der Waals surface area contributed by atoms with Gasteiger partial charge < -0.3 is 4.74 Å². The molecular weight excluding hydrogens is 164 g/mol. The molecule has 0 radical (unpaired) electrons. The molecule has 13 heavy (non-hydrogen) atoms. The first kappa shape index (κ1) is 12.4. The Kier molecular flexibility index (Phi) is 5.68. The molecule has 0 aromatic heterocycles. The van der Waals surface area contributed by atoms with Crippen LogP contribution in [0.1, 0.15) is 34.1 Å². The molecule has 0 aromatic rings. The minimum absolute atomic E-state index is 0.0558. The van der Waals surface area contributed by atoms with Crippen molar-refractivity contribution in [3.05, 3.63) is 0 Å². The van der Waals surface area contributed by atoms with Gasteiger partial charge in [0, 0.05) is 13.2 Å². The Morgan fingerprint density at radius 2 is 2.08 bits per heavy atom. The number of rotatable bonds is 6. The maximum Gasteiger partial charge on any atom is 0.0951 e. The number of nitrogens with zero attached hydrogens (tertiary/aromatic N) is 1. The Bertz CT molecular complexity index is 172. The van der Waals surface area contributed by atoms with Crippen LogP contribution in [0, 0.1) is 11.3 Å². The van der Waals surface area contributed by atoms with Gasteiger partial charge in [-0.25, -0.2) is 0 Å². The predicted molar refractivity (Wildman–Crippen MR) is 53.4 cm³/mol. The molecule has 3 heteroatoms. The lowest BCUT2D eigenvalue weighted by Crippen LogP contribution is -2.41. The Morgan fingerprint density at radius 3 is 2.46 bits per heavy atom. The molecule has 1 unspecified atom stereocenters. The molecule has 1 N–H and O–H groups in total. The van der Waals surface area contributed by atoms with Crippen LogP contribution in [0.15, 0.2) is 0 Å². The first-order valence-corrected chi connectivity index (χ1v) is 4.82. The van der Waals surface area contributed by atoms with Gasteiger partial charge in [0.2, 0.25) is 0 Å². The van der Waals surface area contributed by atoms with Crippen molar-refractivity contribution in [3.8, 4) is 6.07 Å². The summed E-state index contributed by atoms with van der Waals surface area (Å²) in [5.41, 5.74) is -0.182. The molecular formula is C10H20N2O. The van der Waals surface area contributed by atoms with E-state index in [1.807, 2.05) is 27.7 Å². The number of hydrogen-bond acceptors (Lipinski definition) is 3. The highest BCUT2D eigenvalue weighted by Gasteiger charge is 2.18. The number of hydrogen-bond donors (Lipinski definition) is 1. The van der Waals surface area contributed by atoms with Gasteiger partial charge in [0.05, 0.1) is 17.7 Å². The molecule has 0 aliphatic heterocycles. The summed E-state index contributed by atoms with van der Waals surface area (Å²) in [6.07, 6.45) is 0.832. The van der Waals surface area contributed by atoms with Gasteiger partial charge in [-0.15, -0.1) is 0 Å². The third-order valence-electron chi connectivity index (χ3n) is 1.87. The van der Waals surface area contributed by atoms with Crippen molar-refractivity contribution in [3.63, 3.8) is 0 Å². The van der Waals surface area contributed by atoms with Crippen molar-refractivity contribution < 1.29 is 4.74 Å². The Hall–Kier alpha value is -0.590. The van der Waals surface area contributed by atoms with Crippen LogP contribution in [0.4, 0.5) is 0 Å². The zero-order chi connectivity index (χ0) is 10.3. The van der Waals surface area contributed by atoms with Crippen molar-refractivity contribution in [2.24, 2.45) is 0 Å². The van der Waals surface area contributed by atoms with Gasteiger partial charge in [0.15, 0.2) is 0 Å². The molecule has 1 atom stereocenters. The highest BCUT2D eigenvalue weighted by atomic mass is 16.5. The van der Waals surface area contributed by atoms with E-state index < -0.39 is 0 Å². The second-order valence-electron chi connectivity index (χ2n) is 3.66. The van der Waals surface area contributed by atoms with Crippen LogP contribution >= 0.6 is 0 Å². The molecule has 0 bridgehead atoms. The topological polar surface area (TPSA) is 45.0 Å². The van der Waals surface area contributed by atoms with E-state index in [0.29, 0.717) is 13.2 Å². The molecule has 0 aliphatic rings. The van der Waals surface area contributed by atoms with Crippen LogP contribution in [0.5, 0.6) is 0 Å². The Morgan fingerprint density at radius 1 is 1.46 bits per heavy atom. The fraction of sp³-hybridized carbons (Fsp3) is 0.900. The first-order valence-electron chi connectivity index (χ1n) is 4.82. The first-order chi connectivity index (χ1) is 6.05. The van der Waals surface area contributed by atoms with Gasteiger partial charge in [0.1, 0.15) is 0 Å². The SMILES string of the molecule is CCOC(C)(C)CNC(C#N)CC. The van der Waals surface area contributed by atoms with Gasteiger partial charge in [-0.3, -0.25) is 5.32 Å². The maximum absolute atomic E-state index is 8.70. The molecule has 0 aliphatic carbocycles. The van der Waals surface area contributed by atoms with Gasteiger partial charge in [0.25, 0.3) is 0 Å². The standard InChI is InChI=1S/C10H20N2O/c1-5-9(7-11)12-8-10(3,4)13-6-2/h9,12H,5-6,8H2,1-4H3. The molecule has 0 spiro atoms. The summed E-state index contributed by atoms with van der Waals surface area (Å²) in [7, 11) is 0. The summed E-state index contributed by atoms with van der Waals surface area (Å²) in [6, 6.07) is 2.14. The van der Waals surface area contributed by atoms with Crippen LogP contribution in [0.2, 0.25) is 0 Å². The van der Waals surface area contributed by atoms with E-state index >= 15 is 0 Å². The molecule has 0 fully saturated rings. The van der Waals surface area contributed by atoms with E-state index in [1.54, 1.807) is 0 Å². The fourth-order valence-electron chi connectivity index (χ4n) is 1.09. The molecule has 0 heterocycles. The smallest absolute Gasteiger partial charge is 0.0951 e. The average molecular weight is 184 g/mol. The highest BCUT2D eigenvalue weighted by Crippen LogP contribution is 2.07. The van der Waals surface area contributed by atoms with Crippen molar-refractivity contribution in [1.29, 1.82) is 5.26 Å². The third-order valence-corrected chi connectivity index (χ3v) is 1.87. The zero-order valence-electron chi connectivity index (χ0n) is 9.05. The third kappa shape index (κ3) is 5.62. The molecule has 0 amide bonds. The van der Waals surface area contributed by atoms with E-state index in [4.69, 9.17) is 10.00 Å². The van der Waals surface area contributed by atoms with E-state index in [0.717, 1.165) is 6.42 Å². The van der Waals surface area contributed by atoms with Gasteiger partial charge in [-0.2, -0.15) is 5.26 Å². The van der Waals surface area contributed by atoms with Crippen LogP contribution in [0.3, 0.4) is 0 Å². The summed E-state index contributed by atoms with van der Waals surface area (Å²) in [6.45, 7) is 9.43. The van der Waals surface area contributed by atoms with Crippen LogP contribution in [-0.4, -0.2) is 24.8 Å². The lowest BCUT2D eigenvalue weighted by molar-refractivity contribution is -0.00967. The van der Waals surface area contributed by atoms with Crippen molar-refractivity contribution in [1.82, 2.24) is 5.32 Å². The molecule has 76 valence electrons. The number of nitrogens with one attached hydrogen (secondary N) is 1. The molecule has 0 saturated carbocycles. The average Bonchev–Trinajstić information content (AvgIpc) is 2.06. The predicted octanol–water partition coefficient (Wildman–Crippen LogP) is 1.69. The zero-order valence-corrected chi connectivity index (χ0v) is 9.05. The molecule has 3 nitrogen and oxygen atoms in total. The lowest BCUT2D eigenvalue weighted by atomic mass is 10.1. The second kappa shape index (κ2) is 5.95. The van der Waals surface area contributed by atoms with E-state index in [-0.39, 0.29) is 11.6 Å². The minimum Gasteiger partial charge on any atom is -0.375 e. The summed E-state index contributed by atoms with van der Waals surface area (Å²) in [4.78, 5) is 0. The second-order valence-corrected chi connectivity index (χ2v) is 3.66. The number of nitriles is 1. The fourth-order valence-corrected chi connectivity index (χ4v) is 1.09. The Balaban J connectivity index is 3.80. The normalized spacial score (nSPS) is 13.8. The Labute approximate surface area is 81.1 Å². The monoisotopic (exact) mass is 184 g/mol. The van der Waals surface area contributed by atoms with Gasteiger partial charge in [-0.1, -0.05) is 6.92 Å². The summed E-state index contributed by atoms with van der Waals surface area (Å²) >= 11 is 0. The maximum atomic E-state index is 8.70. The van der Waals surface area contributed by atoms with Crippen molar-refractivity contribution >= 4 is 0 Å². The number of ether oxygens (including phenoxy) is 1. The minimum atomic E-state index is -0.182. The summed E-state index contributed by atoms with van der Waals surface area (Å²) in [5, 5.41) is 11.9. The van der Waals surface area contributed by atoms with Crippen molar-refractivity contribution in [2.45, 2.75) is 45.8 Å². The molecule has 0 aromatic carbocycles.